The standard InChI is InChI=1S/C20H33ClN2O3S/c1-5-7-9-17(6-2)15-22-20(24)10-8-13-23(27(4,25)26)19-14-18(21)12-11-16(19)3/h11-12,14,17H,5-10,13,15H2,1-4H3,(H,22,24)/t17-/m1/s1. The molecular formula is C20H33ClN2O3S. The Morgan fingerprint density at radius 3 is 2.56 bits per heavy atom. The molecule has 0 saturated carbocycles. The average molecular weight is 417 g/mol. The third-order valence-electron chi connectivity index (χ3n) is 4.74. The summed E-state index contributed by atoms with van der Waals surface area (Å²) in [7, 11) is -3.45. The first-order valence-electron chi connectivity index (χ1n) is 9.69. The molecule has 0 heterocycles. The van der Waals surface area contributed by atoms with Crippen LogP contribution in [0.2, 0.25) is 5.02 Å². The van der Waals surface area contributed by atoms with Crippen molar-refractivity contribution >= 4 is 33.2 Å². The van der Waals surface area contributed by atoms with Crippen LogP contribution < -0.4 is 9.62 Å². The summed E-state index contributed by atoms with van der Waals surface area (Å²) in [5.74, 6) is 0.483. The number of carbonyl (C=O) groups is 1. The van der Waals surface area contributed by atoms with E-state index in [4.69, 9.17) is 11.6 Å². The van der Waals surface area contributed by atoms with Crippen molar-refractivity contribution in [3.63, 3.8) is 0 Å². The minimum absolute atomic E-state index is 0.0267. The van der Waals surface area contributed by atoms with Gasteiger partial charge in [-0.15, -0.1) is 0 Å². The van der Waals surface area contributed by atoms with Gasteiger partial charge in [-0.05, 0) is 43.4 Å². The van der Waals surface area contributed by atoms with Crippen molar-refractivity contribution in [2.45, 2.75) is 59.3 Å². The summed E-state index contributed by atoms with van der Waals surface area (Å²) < 4.78 is 25.7. The molecule has 154 valence electrons. The first kappa shape index (κ1) is 23.8. The Hall–Kier alpha value is -1.27. The Morgan fingerprint density at radius 2 is 1.96 bits per heavy atom. The van der Waals surface area contributed by atoms with Crippen LogP contribution in [-0.4, -0.2) is 33.7 Å². The second-order valence-corrected chi connectivity index (χ2v) is 9.43. The summed E-state index contributed by atoms with van der Waals surface area (Å²) in [6, 6.07) is 5.18. The number of carbonyl (C=O) groups excluding carboxylic acids is 1. The van der Waals surface area contributed by atoms with Gasteiger partial charge in [-0.25, -0.2) is 8.42 Å². The molecule has 0 saturated heterocycles. The summed E-state index contributed by atoms with van der Waals surface area (Å²) in [4.78, 5) is 12.1. The van der Waals surface area contributed by atoms with Crippen molar-refractivity contribution < 1.29 is 13.2 Å². The number of benzene rings is 1. The van der Waals surface area contributed by atoms with E-state index in [9.17, 15) is 13.2 Å². The van der Waals surface area contributed by atoms with Crippen LogP contribution >= 0.6 is 11.6 Å². The minimum atomic E-state index is -3.45. The number of sulfonamides is 1. The number of hydrogen-bond donors (Lipinski definition) is 1. The van der Waals surface area contributed by atoms with Crippen LogP contribution in [0, 0.1) is 12.8 Å². The Balaban J connectivity index is 2.60. The molecule has 1 aromatic carbocycles. The highest BCUT2D eigenvalue weighted by atomic mass is 35.5. The number of halogens is 1. The lowest BCUT2D eigenvalue weighted by atomic mass is 9.99. The molecule has 1 amide bonds. The monoisotopic (exact) mass is 416 g/mol. The van der Waals surface area contributed by atoms with Gasteiger partial charge in [-0.1, -0.05) is 50.8 Å². The van der Waals surface area contributed by atoms with Gasteiger partial charge >= 0.3 is 0 Å². The van der Waals surface area contributed by atoms with Crippen molar-refractivity contribution in [1.29, 1.82) is 0 Å². The van der Waals surface area contributed by atoms with Crippen molar-refractivity contribution in [1.82, 2.24) is 5.32 Å². The maximum Gasteiger partial charge on any atom is 0.232 e. The molecular weight excluding hydrogens is 384 g/mol. The molecule has 0 aliphatic heterocycles. The third-order valence-corrected chi connectivity index (χ3v) is 6.15. The van der Waals surface area contributed by atoms with E-state index in [0.717, 1.165) is 24.8 Å². The lowest BCUT2D eigenvalue weighted by molar-refractivity contribution is -0.121. The van der Waals surface area contributed by atoms with Gasteiger partial charge in [0.2, 0.25) is 15.9 Å². The van der Waals surface area contributed by atoms with Crippen LogP contribution in [0.15, 0.2) is 18.2 Å². The quantitative estimate of drug-likeness (QED) is 0.544. The zero-order chi connectivity index (χ0) is 20.4. The molecule has 0 aliphatic rings. The summed E-state index contributed by atoms with van der Waals surface area (Å²) in [5, 5.41) is 3.47. The number of unbranched alkanes of at least 4 members (excludes halogenated alkanes) is 1. The van der Waals surface area contributed by atoms with Gasteiger partial charge in [0.25, 0.3) is 0 Å². The highest BCUT2D eigenvalue weighted by Gasteiger charge is 2.20. The summed E-state index contributed by atoms with van der Waals surface area (Å²) >= 11 is 6.03. The van der Waals surface area contributed by atoms with E-state index in [2.05, 4.69) is 19.2 Å². The van der Waals surface area contributed by atoms with Gasteiger partial charge in [0.05, 0.1) is 11.9 Å². The van der Waals surface area contributed by atoms with Gasteiger partial charge in [-0.3, -0.25) is 9.10 Å². The van der Waals surface area contributed by atoms with Crippen LogP contribution in [-0.2, 0) is 14.8 Å². The van der Waals surface area contributed by atoms with E-state index in [0.29, 0.717) is 36.0 Å². The van der Waals surface area contributed by atoms with Crippen molar-refractivity contribution in [2.24, 2.45) is 5.92 Å². The lowest BCUT2D eigenvalue weighted by Crippen LogP contribution is -2.33. The largest absolute Gasteiger partial charge is 0.356 e. The van der Waals surface area contributed by atoms with E-state index in [1.807, 2.05) is 6.92 Å². The number of nitrogens with one attached hydrogen (secondary N) is 1. The number of nitrogens with zero attached hydrogens (tertiary/aromatic N) is 1. The molecule has 1 atom stereocenters. The number of hydrogen-bond acceptors (Lipinski definition) is 3. The molecule has 7 heteroatoms. The van der Waals surface area contributed by atoms with Crippen LogP contribution in [0.4, 0.5) is 5.69 Å². The fourth-order valence-electron chi connectivity index (χ4n) is 2.99. The molecule has 27 heavy (non-hydrogen) atoms. The van der Waals surface area contributed by atoms with Gasteiger partial charge in [-0.2, -0.15) is 0 Å². The van der Waals surface area contributed by atoms with E-state index in [1.165, 1.54) is 17.0 Å². The van der Waals surface area contributed by atoms with Crippen molar-refractivity contribution in [2.75, 3.05) is 23.7 Å². The normalized spacial score (nSPS) is 12.6. The average Bonchev–Trinajstić information content (AvgIpc) is 2.60. The highest BCUT2D eigenvalue weighted by Crippen LogP contribution is 2.26. The molecule has 1 aromatic rings. The van der Waals surface area contributed by atoms with Crippen LogP contribution in [0.1, 0.15) is 57.9 Å². The van der Waals surface area contributed by atoms with Crippen LogP contribution in [0.3, 0.4) is 0 Å². The zero-order valence-electron chi connectivity index (χ0n) is 16.9. The molecule has 1 rings (SSSR count). The van der Waals surface area contributed by atoms with E-state index < -0.39 is 10.0 Å². The molecule has 0 bridgehead atoms. The summed E-state index contributed by atoms with van der Waals surface area (Å²) in [6.45, 7) is 7.10. The van der Waals surface area contributed by atoms with E-state index in [-0.39, 0.29) is 12.5 Å². The third kappa shape index (κ3) is 8.52. The van der Waals surface area contributed by atoms with E-state index in [1.54, 1.807) is 18.2 Å². The van der Waals surface area contributed by atoms with Gasteiger partial charge in [0, 0.05) is 24.5 Å². The summed E-state index contributed by atoms with van der Waals surface area (Å²) in [5.41, 5.74) is 1.40. The maximum atomic E-state index is 12.2. The fraction of sp³-hybridized carbons (Fsp3) is 0.650. The molecule has 5 nitrogen and oxygen atoms in total. The first-order valence-corrected chi connectivity index (χ1v) is 11.9. The molecule has 0 radical (unpaired) electrons. The predicted molar refractivity (Wildman–Crippen MR) is 114 cm³/mol. The second-order valence-electron chi connectivity index (χ2n) is 7.09. The Kier molecular flexibility index (Phi) is 10.2. The lowest BCUT2D eigenvalue weighted by Gasteiger charge is -2.24. The molecule has 0 aliphatic carbocycles. The van der Waals surface area contributed by atoms with Gasteiger partial charge in [0.15, 0.2) is 0 Å². The smallest absolute Gasteiger partial charge is 0.232 e. The van der Waals surface area contributed by atoms with Crippen molar-refractivity contribution in [3.05, 3.63) is 28.8 Å². The molecule has 0 unspecified atom stereocenters. The molecule has 0 fully saturated rings. The Bertz CT molecular complexity index is 707. The summed E-state index contributed by atoms with van der Waals surface area (Å²) in [6.07, 6.45) is 6.45. The molecule has 1 N–H and O–H groups in total. The number of anilines is 1. The SMILES string of the molecule is CCCC[C@@H](CC)CNC(=O)CCCN(c1cc(Cl)ccc1C)S(C)(=O)=O. The number of amides is 1. The number of aryl methyl sites for hydroxylation is 1. The second kappa shape index (κ2) is 11.5. The van der Waals surface area contributed by atoms with Crippen LogP contribution in [0.25, 0.3) is 0 Å². The Labute approximate surface area is 169 Å². The van der Waals surface area contributed by atoms with E-state index >= 15 is 0 Å². The highest BCUT2D eigenvalue weighted by molar-refractivity contribution is 7.92. The minimum Gasteiger partial charge on any atom is -0.356 e. The predicted octanol–water partition coefficient (Wildman–Crippen LogP) is 4.53. The first-order chi connectivity index (χ1) is 12.7. The topological polar surface area (TPSA) is 66.5 Å². The van der Waals surface area contributed by atoms with Crippen LogP contribution in [0.5, 0.6) is 0 Å². The maximum absolute atomic E-state index is 12.2. The molecule has 0 spiro atoms. The number of rotatable bonds is 12. The molecule has 0 aromatic heterocycles. The van der Waals surface area contributed by atoms with Gasteiger partial charge in [0.1, 0.15) is 0 Å². The van der Waals surface area contributed by atoms with Crippen molar-refractivity contribution in [3.8, 4) is 0 Å². The fourth-order valence-corrected chi connectivity index (χ4v) is 4.17. The zero-order valence-corrected chi connectivity index (χ0v) is 18.5. The van der Waals surface area contributed by atoms with Gasteiger partial charge < -0.3 is 5.32 Å². The Morgan fingerprint density at radius 1 is 1.26 bits per heavy atom.